The largest absolute Gasteiger partial charge is 0.497 e. The van der Waals surface area contributed by atoms with Gasteiger partial charge in [0, 0.05) is 19.5 Å². The summed E-state index contributed by atoms with van der Waals surface area (Å²) in [6.45, 7) is 0.237. The molecule has 0 spiro atoms. The molecule has 0 radical (unpaired) electrons. The van der Waals surface area contributed by atoms with Gasteiger partial charge in [-0.25, -0.2) is 19.2 Å². The highest BCUT2D eigenvalue weighted by molar-refractivity contribution is 7.22. The number of hydrogen-bond donors (Lipinski definition) is 2. The first-order valence-corrected chi connectivity index (χ1v) is 15.4. The quantitative estimate of drug-likeness (QED) is 0.269. The summed E-state index contributed by atoms with van der Waals surface area (Å²) in [4.78, 5) is 49.2. The standard InChI is InChI=1S/C33H32FN7O4S/c1-3-15-39(33(44)36-17-22-7-11-24(34)12-8-22)40-20-29(42)41-26(16-21-9-13-25(45-2)14-10-21)31(43)38(19-28(40)41)18-23-5-4-6-27-30(23)37-32(35)46-27/h1,4-14,26,28H,15-20H2,2H3,(H2,35,37)(H,36,44)/t26-,28+/m0/s1. The van der Waals surface area contributed by atoms with Crippen LogP contribution >= 0.6 is 11.3 Å². The molecule has 0 unspecified atom stereocenters. The van der Waals surface area contributed by atoms with Gasteiger partial charge in [-0.05, 0) is 47.0 Å². The van der Waals surface area contributed by atoms with Gasteiger partial charge in [0.2, 0.25) is 11.8 Å². The highest BCUT2D eigenvalue weighted by Crippen LogP contribution is 2.32. The number of piperazine rings is 1. The molecule has 3 aromatic carbocycles. The molecule has 0 saturated carbocycles. The van der Waals surface area contributed by atoms with Crippen molar-refractivity contribution in [1.82, 2.24) is 30.1 Å². The van der Waals surface area contributed by atoms with Crippen molar-refractivity contribution >= 4 is 44.5 Å². The van der Waals surface area contributed by atoms with Crippen LogP contribution in [0.4, 0.5) is 14.3 Å². The van der Waals surface area contributed by atoms with Crippen LogP contribution in [0.5, 0.6) is 5.75 Å². The smallest absolute Gasteiger partial charge is 0.333 e. The van der Waals surface area contributed by atoms with E-state index in [0.29, 0.717) is 16.4 Å². The number of nitrogen functional groups attached to an aromatic ring is 1. The van der Waals surface area contributed by atoms with E-state index >= 15 is 0 Å². The third-order valence-corrected chi connectivity index (χ3v) is 9.03. The minimum Gasteiger partial charge on any atom is -0.497 e. The number of carbonyl (C=O) groups excluding carboxylic acids is 3. The maximum absolute atomic E-state index is 14.2. The third kappa shape index (κ3) is 6.17. The number of aromatic nitrogens is 1. The summed E-state index contributed by atoms with van der Waals surface area (Å²) in [6, 6.07) is 17.5. The molecule has 236 valence electrons. The molecule has 2 aliphatic heterocycles. The number of para-hydroxylation sites is 1. The highest BCUT2D eigenvalue weighted by Gasteiger charge is 2.52. The zero-order valence-electron chi connectivity index (χ0n) is 25.1. The number of halogens is 1. The fourth-order valence-electron chi connectivity index (χ4n) is 5.97. The third-order valence-electron chi connectivity index (χ3n) is 8.18. The first-order chi connectivity index (χ1) is 22.2. The normalized spacial score (nSPS) is 18.0. The predicted octanol–water partition coefficient (Wildman–Crippen LogP) is 3.21. The lowest BCUT2D eigenvalue weighted by Crippen LogP contribution is -2.66. The number of urea groups is 1. The van der Waals surface area contributed by atoms with Gasteiger partial charge in [0.25, 0.3) is 0 Å². The predicted molar refractivity (Wildman–Crippen MR) is 171 cm³/mol. The number of methoxy groups -OCH3 is 1. The van der Waals surface area contributed by atoms with E-state index in [1.165, 1.54) is 28.5 Å². The van der Waals surface area contributed by atoms with Crippen molar-refractivity contribution in [3.05, 3.63) is 89.2 Å². The first kappa shape index (κ1) is 30.8. The second-order valence-corrected chi connectivity index (χ2v) is 12.1. The van der Waals surface area contributed by atoms with Gasteiger partial charge in [-0.15, -0.1) is 6.42 Å². The van der Waals surface area contributed by atoms with Crippen LogP contribution in [0.3, 0.4) is 0 Å². The lowest BCUT2D eigenvalue weighted by Gasteiger charge is -2.46. The Morgan fingerprint density at radius 2 is 1.89 bits per heavy atom. The molecular formula is C33H32FN7O4S. The zero-order chi connectivity index (χ0) is 32.4. The number of hydrazine groups is 1. The Morgan fingerprint density at radius 3 is 2.61 bits per heavy atom. The van der Waals surface area contributed by atoms with Crippen molar-refractivity contribution in [2.75, 3.05) is 32.5 Å². The summed E-state index contributed by atoms with van der Waals surface area (Å²) in [6.07, 6.45) is 5.28. The molecule has 3 heterocycles. The Labute approximate surface area is 269 Å². The fourth-order valence-corrected chi connectivity index (χ4v) is 6.75. The number of thiazole rings is 1. The average Bonchev–Trinajstić information content (AvgIpc) is 3.60. The Bertz CT molecular complexity index is 1810. The lowest BCUT2D eigenvalue weighted by atomic mass is 9.99. The number of fused-ring (bicyclic) bond motifs is 2. The van der Waals surface area contributed by atoms with Crippen LogP contribution in [-0.4, -0.2) is 81.6 Å². The highest BCUT2D eigenvalue weighted by atomic mass is 32.1. The van der Waals surface area contributed by atoms with Crippen molar-refractivity contribution in [2.45, 2.75) is 31.7 Å². The topological polar surface area (TPSA) is 124 Å². The lowest BCUT2D eigenvalue weighted by molar-refractivity contribution is -0.157. The summed E-state index contributed by atoms with van der Waals surface area (Å²) in [5.74, 6) is 2.31. The minimum absolute atomic E-state index is 0.110. The summed E-state index contributed by atoms with van der Waals surface area (Å²) < 4.78 is 19.6. The second kappa shape index (κ2) is 13.0. The molecule has 2 atom stereocenters. The minimum atomic E-state index is -0.834. The van der Waals surface area contributed by atoms with Crippen molar-refractivity contribution in [3.63, 3.8) is 0 Å². The average molecular weight is 642 g/mol. The Hall–Kier alpha value is -5.19. The molecular weight excluding hydrogens is 609 g/mol. The molecule has 11 nitrogen and oxygen atoms in total. The molecule has 2 fully saturated rings. The summed E-state index contributed by atoms with van der Waals surface area (Å²) in [7, 11) is 1.58. The Kier molecular flexibility index (Phi) is 8.74. The van der Waals surface area contributed by atoms with Gasteiger partial charge in [-0.3, -0.25) is 9.59 Å². The number of benzene rings is 3. The molecule has 0 aliphatic carbocycles. The van der Waals surface area contributed by atoms with E-state index in [-0.39, 0.29) is 56.8 Å². The molecule has 46 heavy (non-hydrogen) atoms. The molecule has 1 aromatic heterocycles. The van der Waals surface area contributed by atoms with E-state index in [9.17, 15) is 18.8 Å². The number of anilines is 1. The van der Waals surface area contributed by atoms with E-state index in [0.717, 1.165) is 21.3 Å². The molecule has 3 N–H and O–H groups in total. The first-order valence-electron chi connectivity index (χ1n) is 14.6. The van der Waals surface area contributed by atoms with E-state index in [1.54, 1.807) is 34.1 Å². The molecule has 2 aliphatic rings. The number of hydrogen-bond acceptors (Lipinski definition) is 8. The monoisotopic (exact) mass is 641 g/mol. The van der Waals surface area contributed by atoms with Crippen LogP contribution in [0.25, 0.3) is 10.2 Å². The van der Waals surface area contributed by atoms with Gasteiger partial charge in [0.05, 0.1) is 37.0 Å². The summed E-state index contributed by atoms with van der Waals surface area (Å²) in [5, 5.41) is 6.21. The van der Waals surface area contributed by atoms with Gasteiger partial charge < -0.3 is 25.6 Å². The van der Waals surface area contributed by atoms with Gasteiger partial charge in [0.15, 0.2) is 5.13 Å². The number of amides is 4. The van der Waals surface area contributed by atoms with Crippen molar-refractivity contribution in [2.24, 2.45) is 0 Å². The van der Waals surface area contributed by atoms with Crippen LogP contribution in [0.2, 0.25) is 0 Å². The number of rotatable bonds is 9. The van der Waals surface area contributed by atoms with Crippen molar-refractivity contribution in [3.8, 4) is 18.1 Å². The number of nitrogens with two attached hydrogens (primary N) is 1. The molecule has 4 aromatic rings. The fraction of sp³-hybridized carbons (Fsp3) is 0.273. The zero-order valence-corrected chi connectivity index (χ0v) is 25.9. The van der Waals surface area contributed by atoms with Crippen LogP contribution in [0.15, 0.2) is 66.7 Å². The van der Waals surface area contributed by atoms with Gasteiger partial charge in [0.1, 0.15) is 23.8 Å². The maximum atomic E-state index is 14.2. The van der Waals surface area contributed by atoms with Gasteiger partial charge in [-0.2, -0.15) is 5.01 Å². The van der Waals surface area contributed by atoms with E-state index in [2.05, 4.69) is 16.2 Å². The number of nitrogens with zero attached hydrogens (tertiary/aromatic N) is 5. The van der Waals surface area contributed by atoms with Crippen LogP contribution in [-0.2, 0) is 29.1 Å². The van der Waals surface area contributed by atoms with Gasteiger partial charge >= 0.3 is 6.03 Å². The van der Waals surface area contributed by atoms with E-state index < -0.39 is 18.2 Å². The van der Waals surface area contributed by atoms with E-state index in [4.69, 9.17) is 16.9 Å². The number of ether oxygens (including phenoxy) is 1. The SMILES string of the molecule is C#CCN(C(=O)NCc1ccc(F)cc1)N1CC(=O)N2[C@@H](Cc3ccc(OC)cc3)C(=O)N(Cc3cccc4sc(N)nc34)C[C@@H]21. The summed E-state index contributed by atoms with van der Waals surface area (Å²) in [5.41, 5.74) is 9.09. The molecule has 2 saturated heterocycles. The number of carbonyl (C=O) groups is 3. The van der Waals surface area contributed by atoms with Crippen LogP contribution < -0.4 is 15.8 Å². The van der Waals surface area contributed by atoms with Crippen LogP contribution in [0, 0.1) is 18.2 Å². The second-order valence-electron chi connectivity index (χ2n) is 11.0. The summed E-state index contributed by atoms with van der Waals surface area (Å²) >= 11 is 1.37. The molecule has 13 heteroatoms. The molecule has 0 bridgehead atoms. The van der Waals surface area contributed by atoms with Crippen molar-refractivity contribution < 1.29 is 23.5 Å². The Morgan fingerprint density at radius 1 is 1.15 bits per heavy atom. The van der Waals surface area contributed by atoms with Crippen LogP contribution in [0.1, 0.15) is 16.7 Å². The molecule has 6 rings (SSSR count). The molecule has 4 amide bonds. The maximum Gasteiger partial charge on any atom is 0.333 e. The Balaban J connectivity index is 1.31. The van der Waals surface area contributed by atoms with E-state index in [1.807, 2.05) is 42.5 Å². The van der Waals surface area contributed by atoms with Gasteiger partial charge in [-0.1, -0.05) is 53.7 Å². The number of nitrogens with one attached hydrogen (secondary N) is 1. The number of terminal acetylenes is 1. The van der Waals surface area contributed by atoms with Crippen molar-refractivity contribution in [1.29, 1.82) is 0 Å².